The average Bonchev–Trinajstić information content (AvgIpc) is 2.46. The molecule has 21 heavy (non-hydrogen) atoms. The summed E-state index contributed by atoms with van der Waals surface area (Å²) in [7, 11) is 1.69. The standard InChI is InChI=1S/C17H19FN2O/c1-12(15-8-3-4-9-16(15)18)20(2)17(21)11-13-6-5-7-14(19)10-13/h3-10,12H,11,19H2,1-2H3. The number of carbonyl (C=O) groups excluding carboxylic acids is 1. The summed E-state index contributed by atoms with van der Waals surface area (Å²) in [6.45, 7) is 1.82. The molecule has 0 radical (unpaired) electrons. The van der Waals surface area contributed by atoms with E-state index in [1.807, 2.05) is 19.1 Å². The number of nitrogen functional groups attached to an aromatic ring is 1. The van der Waals surface area contributed by atoms with Gasteiger partial charge in [-0.25, -0.2) is 4.39 Å². The molecule has 0 saturated heterocycles. The Hall–Kier alpha value is -2.36. The second-order valence-corrected chi connectivity index (χ2v) is 5.12. The van der Waals surface area contributed by atoms with Crippen molar-refractivity contribution in [3.05, 3.63) is 65.5 Å². The SMILES string of the molecule is CC(c1ccccc1F)N(C)C(=O)Cc1cccc(N)c1. The minimum Gasteiger partial charge on any atom is -0.399 e. The highest BCUT2D eigenvalue weighted by molar-refractivity contribution is 5.79. The summed E-state index contributed by atoms with van der Waals surface area (Å²) < 4.78 is 13.8. The van der Waals surface area contributed by atoms with E-state index in [-0.39, 0.29) is 24.2 Å². The summed E-state index contributed by atoms with van der Waals surface area (Å²) in [4.78, 5) is 13.9. The van der Waals surface area contributed by atoms with E-state index in [2.05, 4.69) is 0 Å². The molecule has 3 nitrogen and oxygen atoms in total. The Balaban J connectivity index is 2.10. The molecule has 2 N–H and O–H groups in total. The second-order valence-electron chi connectivity index (χ2n) is 5.12. The molecule has 0 spiro atoms. The summed E-state index contributed by atoms with van der Waals surface area (Å²) in [6.07, 6.45) is 0.250. The molecule has 2 aromatic carbocycles. The van der Waals surface area contributed by atoms with E-state index >= 15 is 0 Å². The van der Waals surface area contributed by atoms with Crippen molar-refractivity contribution in [3.63, 3.8) is 0 Å². The van der Waals surface area contributed by atoms with Crippen LogP contribution >= 0.6 is 0 Å². The van der Waals surface area contributed by atoms with Crippen LogP contribution in [0.3, 0.4) is 0 Å². The van der Waals surface area contributed by atoms with Crippen LogP contribution in [0.15, 0.2) is 48.5 Å². The normalized spacial score (nSPS) is 12.0. The number of hydrogen-bond donors (Lipinski definition) is 1. The molecule has 2 rings (SSSR count). The lowest BCUT2D eigenvalue weighted by molar-refractivity contribution is -0.131. The second kappa shape index (κ2) is 6.39. The van der Waals surface area contributed by atoms with Crippen molar-refractivity contribution >= 4 is 11.6 Å². The average molecular weight is 286 g/mol. The first kappa shape index (κ1) is 15.0. The smallest absolute Gasteiger partial charge is 0.227 e. The van der Waals surface area contributed by atoms with Crippen LogP contribution < -0.4 is 5.73 Å². The zero-order chi connectivity index (χ0) is 15.4. The number of halogens is 1. The number of hydrogen-bond acceptors (Lipinski definition) is 2. The van der Waals surface area contributed by atoms with Gasteiger partial charge in [0.2, 0.25) is 5.91 Å². The van der Waals surface area contributed by atoms with Gasteiger partial charge < -0.3 is 10.6 Å². The van der Waals surface area contributed by atoms with Gasteiger partial charge in [-0.05, 0) is 30.7 Å². The summed E-state index contributed by atoms with van der Waals surface area (Å²) >= 11 is 0. The van der Waals surface area contributed by atoms with E-state index in [0.29, 0.717) is 11.3 Å². The number of anilines is 1. The molecule has 0 saturated carbocycles. The van der Waals surface area contributed by atoms with Gasteiger partial charge >= 0.3 is 0 Å². The fourth-order valence-electron chi connectivity index (χ4n) is 2.24. The molecule has 1 amide bonds. The third-order valence-electron chi connectivity index (χ3n) is 3.64. The van der Waals surface area contributed by atoms with Crippen LogP contribution in [0, 0.1) is 5.82 Å². The molecule has 0 aromatic heterocycles. The van der Waals surface area contributed by atoms with E-state index in [1.165, 1.54) is 6.07 Å². The van der Waals surface area contributed by atoms with Gasteiger partial charge in [-0.15, -0.1) is 0 Å². The number of benzene rings is 2. The maximum absolute atomic E-state index is 13.8. The minimum absolute atomic E-state index is 0.0728. The zero-order valence-corrected chi connectivity index (χ0v) is 12.2. The molecule has 0 aliphatic carbocycles. The highest BCUT2D eigenvalue weighted by atomic mass is 19.1. The van der Waals surface area contributed by atoms with E-state index in [4.69, 9.17) is 5.73 Å². The first-order chi connectivity index (χ1) is 9.99. The van der Waals surface area contributed by atoms with Gasteiger partial charge in [-0.1, -0.05) is 30.3 Å². The van der Waals surface area contributed by atoms with E-state index < -0.39 is 0 Å². The maximum Gasteiger partial charge on any atom is 0.227 e. The molecule has 0 aliphatic rings. The molecule has 0 aliphatic heterocycles. The van der Waals surface area contributed by atoms with Crippen molar-refractivity contribution in [1.29, 1.82) is 0 Å². The number of nitrogens with zero attached hydrogens (tertiary/aromatic N) is 1. The monoisotopic (exact) mass is 286 g/mol. The number of carbonyl (C=O) groups is 1. The topological polar surface area (TPSA) is 46.3 Å². The van der Waals surface area contributed by atoms with Gasteiger partial charge in [-0.2, -0.15) is 0 Å². The Kier molecular flexibility index (Phi) is 4.58. The molecular weight excluding hydrogens is 267 g/mol. The van der Waals surface area contributed by atoms with Crippen LogP contribution in [0.5, 0.6) is 0 Å². The molecule has 0 fully saturated rings. The third-order valence-corrected chi connectivity index (χ3v) is 3.64. The maximum atomic E-state index is 13.8. The van der Waals surface area contributed by atoms with Crippen LogP contribution in [0.4, 0.5) is 10.1 Å². The molecule has 4 heteroatoms. The molecule has 0 bridgehead atoms. The van der Waals surface area contributed by atoms with E-state index in [0.717, 1.165) is 5.56 Å². The first-order valence-corrected chi connectivity index (χ1v) is 6.83. The van der Waals surface area contributed by atoms with Crippen LogP contribution in [-0.4, -0.2) is 17.9 Å². The molecular formula is C17H19FN2O. The van der Waals surface area contributed by atoms with Crippen LogP contribution in [0.25, 0.3) is 0 Å². The Bertz CT molecular complexity index is 642. The van der Waals surface area contributed by atoms with Gasteiger partial charge in [0.1, 0.15) is 5.82 Å². The van der Waals surface area contributed by atoms with Crippen molar-refractivity contribution in [2.24, 2.45) is 0 Å². The number of nitrogens with two attached hydrogens (primary N) is 1. The van der Waals surface area contributed by atoms with Crippen molar-refractivity contribution in [2.75, 3.05) is 12.8 Å². The summed E-state index contributed by atoms with van der Waals surface area (Å²) in [5, 5.41) is 0. The lowest BCUT2D eigenvalue weighted by atomic mass is 10.1. The Morgan fingerprint density at radius 3 is 2.62 bits per heavy atom. The van der Waals surface area contributed by atoms with E-state index in [1.54, 1.807) is 42.3 Å². The predicted octanol–water partition coefficient (Wildman–Crippen LogP) is 3.17. The first-order valence-electron chi connectivity index (χ1n) is 6.83. The van der Waals surface area contributed by atoms with Gasteiger partial charge in [0.25, 0.3) is 0 Å². The lowest BCUT2D eigenvalue weighted by Crippen LogP contribution is -2.31. The minimum atomic E-state index is -0.320. The molecule has 110 valence electrons. The van der Waals surface area contributed by atoms with Gasteiger partial charge in [0, 0.05) is 18.3 Å². The Morgan fingerprint density at radius 1 is 1.24 bits per heavy atom. The highest BCUT2D eigenvalue weighted by Crippen LogP contribution is 2.22. The lowest BCUT2D eigenvalue weighted by Gasteiger charge is -2.25. The summed E-state index contributed by atoms with van der Waals surface area (Å²) in [6, 6.07) is 13.4. The van der Waals surface area contributed by atoms with Gasteiger partial charge in [0.15, 0.2) is 0 Å². The highest BCUT2D eigenvalue weighted by Gasteiger charge is 2.19. The Morgan fingerprint density at radius 2 is 1.95 bits per heavy atom. The molecule has 0 heterocycles. The fourth-order valence-corrected chi connectivity index (χ4v) is 2.24. The van der Waals surface area contributed by atoms with Crippen LogP contribution in [-0.2, 0) is 11.2 Å². The quantitative estimate of drug-likeness (QED) is 0.877. The van der Waals surface area contributed by atoms with Crippen LogP contribution in [0.2, 0.25) is 0 Å². The van der Waals surface area contributed by atoms with Crippen molar-refractivity contribution in [3.8, 4) is 0 Å². The van der Waals surface area contributed by atoms with Gasteiger partial charge in [-0.3, -0.25) is 4.79 Å². The summed E-state index contributed by atoms with van der Waals surface area (Å²) in [5.74, 6) is -0.370. The molecule has 2 aromatic rings. The predicted molar refractivity (Wildman–Crippen MR) is 82.1 cm³/mol. The van der Waals surface area contributed by atoms with Crippen LogP contribution in [0.1, 0.15) is 24.1 Å². The molecule has 1 unspecified atom stereocenters. The fraction of sp³-hybridized carbons (Fsp3) is 0.235. The van der Waals surface area contributed by atoms with Crippen molar-refractivity contribution in [2.45, 2.75) is 19.4 Å². The van der Waals surface area contributed by atoms with Gasteiger partial charge in [0.05, 0.1) is 12.5 Å². The zero-order valence-electron chi connectivity index (χ0n) is 12.2. The number of likely N-dealkylation sites (N-methyl/N-ethyl adjacent to an activating group) is 1. The summed E-state index contributed by atoms with van der Waals surface area (Å²) in [5.41, 5.74) is 7.71. The van der Waals surface area contributed by atoms with E-state index in [9.17, 15) is 9.18 Å². The van der Waals surface area contributed by atoms with Crippen molar-refractivity contribution < 1.29 is 9.18 Å². The molecule has 1 atom stereocenters. The number of amides is 1. The van der Waals surface area contributed by atoms with Crippen molar-refractivity contribution in [1.82, 2.24) is 4.90 Å². The Labute approximate surface area is 124 Å². The third kappa shape index (κ3) is 3.60. The number of rotatable bonds is 4. The largest absolute Gasteiger partial charge is 0.399 e.